The molecular weight excluding hydrogens is 162 g/mol. The zero-order valence-corrected chi connectivity index (χ0v) is 7.27. The van der Waals surface area contributed by atoms with Crippen LogP contribution in [0.1, 0.15) is 35.8 Å². The summed E-state index contributed by atoms with van der Waals surface area (Å²) in [7, 11) is 0. The Morgan fingerprint density at radius 1 is 1.23 bits per heavy atom. The molecule has 2 aliphatic rings. The summed E-state index contributed by atoms with van der Waals surface area (Å²) >= 11 is 0. The second-order valence-corrected chi connectivity index (χ2v) is 3.91. The van der Waals surface area contributed by atoms with Crippen LogP contribution in [-0.2, 0) is 0 Å². The van der Waals surface area contributed by atoms with Gasteiger partial charge in [0.2, 0.25) is 0 Å². The highest BCUT2D eigenvalue weighted by Gasteiger charge is 2.41. The fourth-order valence-corrected chi connectivity index (χ4v) is 2.75. The Hall–Kier alpha value is -1.31. The normalized spacial score (nSPS) is 32.5. The molecule has 2 aliphatic carbocycles. The lowest BCUT2D eigenvalue weighted by atomic mass is 9.90. The number of fused-ring (bicyclic) bond motifs is 5. The number of nitrogens with zero attached hydrogens (tertiary/aromatic N) is 1. The monoisotopic (exact) mass is 173 g/mol. The molecule has 13 heavy (non-hydrogen) atoms. The van der Waals surface area contributed by atoms with E-state index in [1.807, 2.05) is 0 Å². The summed E-state index contributed by atoms with van der Waals surface area (Å²) in [6.45, 7) is 0. The van der Waals surface area contributed by atoms with E-state index < -0.39 is 0 Å². The van der Waals surface area contributed by atoms with Gasteiger partial charge in [-0.15, -0.1) is 0 Å². The largest absolute Gasteiger partial charge is 0.411 e. The van der Waals surface area contributed by atoms with Crippen LogP contribution in [0.15, 0.2) is 29.4 Å². The molecule has 0 aromatic heterocycles. The van der Waals surface area contributed by atoms with Gasteiger partial charge in [0.05, 0.1) is 5.71 Å². The second kappa shape index (κ2) is 2.34. The van der Waals surface area contributed by atoms with Crippen molar-refractivity contribution in [3.8, 4) is 0 Å². The van der Waals surface area contributed by atoms with Crippen LogP contribution < -0.4 is 0 Å². The predicted octanol–water partition coefficient (Wildman–Crippen LogP) is 2.49. The molecule has 3 rings (SSSR count). The Labute approximate surface area is 76.9 Å². The third-order valence-electron chi connectivity index (χ3n) is 3.32. The van der Waals surface area contributed by atoms with Gasteiger partial charge in [0.25, 0.3) is 0 Å². The maximum atomic E-state index is 8.80. The van der Waals surface area contributed by atoms with Crippen LogP contribution in [0.25, 0.3) is 0 Å². The summed E-state index contributed by atoms with van der Waals surface area (Å²) in [6.07, 6.45) is 2.11. The zero-order chi connectivity index (χ0) is 8.84. The van der Waals surface area contributed by atoms with Crippen molar-refractivity contribution < 1.29 is 5.21 Å². The Kier molecular flexibility index (Phi) is 1.29. The van der Waals surface area contributed by atoms with E-state index in [1.165, 1.54) is 11.1 Å². The number of hydrogen-bond acceptors (Lipinski definition) is 2. The van der Waals surface area contributed by atoms with E-state index in [0.29, 0.717) is 11.8 Å². The maximum Gasteiger partial charge on any atom is 0.0651 e. The van der Waals surface area contributed by atoms with E-state index in [2.05, 4.69) is 29.4 Å². The molecule has 0 heterocycles. The Morgan fingerprint density at radius 2 is 2.00 bits per heavy atom. The van der Waals surface area contributed by atoms with Gasteiger partial charge in [-0.3, -0.25) is 0 Å². The summed E-state index contributed by atoms with van der Waals surface area (Å²) in [5, 5.41) is 12.2. The van der Waals surface area contributed by atoms with Crippen molar-refractivity contribution in [3.05, 3.63) is 35.4 Å². The first-order valence-corrected chi connectivity index (χ1v) is 4.70. The summed E-state index contributed by atoms with van der Waals surface area (Å²) in [4.78, 5) is 0. The van der Waals surface area contributed by atoms with Crippen molar-refractivity contribution in [1.82, 2.24) is 0 Å². The molecule has 0 amide bonds. The van der Waals surface area contributed by atoms with Crippen LogP contribution in [0.5, 0.6) is 0 Å². The molecule has 0 radical (unpaired) electrons. The summed E-state index contributed by atoms with van der Waals surface area (Å²) < 4.78 is 0. The summed E-state index contributed by atoms with van der Waals surface area (Å²) in [5.74, 6) is 1.03. The third kappa shape index (κ3) is 0.804. The van der Waals surface area contributed by atoms with Crippen LogP contribution in [0.2, 0.25) is 0 Å². The van der Waals surface area contributed by atoms with E-state index in [9.17, 15) is 0 Å². The minimum Gasteiger partial charge on any atom is -0.411 e. The first-order valence-electron chi connectivity index (χ1n) is 4.70. The van der Waals surface area contributed by atoms with Crippen molar-refractivity contribution in [2.24, 2.45) is 5.16 Å². The molecule has 66 valence electrons. The highest BCUT2D eigenvalue weighted by molar-refractivity contribution is 5.96. The average molecular weight is 173 g/mol. The number of benzene rings is 1. The van der Waals surface area contributed by atoms with Gasteiger partial charge in [-0.1, -0.05) is 29.4 Å². The van der Waals surface area contributed by atoms with Crippen molar-refractivity contribution in [2.75, 3.05) is 0 Å². The van der Waals surface area contributed by atoms with Crippen LogP contribution in [0.3, 0.4) is 0 Å². The Morgan fingerprint density at radius 3 is 2.77 bits per heavy atom. The minimum absolute atomic E-state index is 0.409. The van der Waals surface area contributed by atoms with Gasteiger partial charge in [-0.05, 0) is 29.9 Å². The SMILES string of the molecule is O/N=C1\CC2CC1c1ccccc12. The topological polar surface area (TPSA) is 32.6 Å². The van der Waals surface area contributed by atoms with Gasteiger partial charge in [0, 0.05) is 5.92 Å². The van der Waals surface area contributed by atoms with E-state index in [0.717, 1.165) is 18.6 Å². The minimum atomic E-state index is 0.409. The van der Waals surface area contributed by atoms with Crippen LogP contribution in [-0.4, -0.2) is 10.9 Å². The fraction of sp³-hybridized carbons (Fsp3) is 0.364. The molecule has 2 unspecified atom stereocenters. The average Bonchev–Trinajstić information content (AvgIpc) is 2.75. The molecule has 1 fully saturated rings. The van der Waals surface area contributed by atoms with Gasteiger partial charge in [0.15, 0.2) is 0 Å². The Bertz CT molecular complexity index is 383. The smallest absolute Gasteiger partial charge is 0.0651 e. The lowest BCUT2D eigenvalue weighted by Crippen LogP contribution is -2.09. The highest BCUT2D eigenvalue weighted by Crippen LogP contribution is 2.51. The van der Waals surface area contributed by atoms with Crippen LogP contribution in [0.4, 0.5) is 0 Å². The van der Waals surface area contributed by atoms with E-state index in [4.69, 9.17) is 5.21 Å². The predicted molar refractivity (Wildman–Crippen MR) is 50.4 cm³/mol. The number of rotatable bonds is 0. The first kappa shape index (κ1) is 7.13. The molecule has 1 aromatic carbocycles. The number of oxime groups is 1. The molecule has 0 spiro atoms. The van der Waals surface area contributed by atoms with Gasteiger partial charge >= 0.3 is 0 Å². The van der Waals surface area contributed by atoms with Gasteiger partial charge in [-0.25, -0.2) is 0 Å². The number of hydrogen-bond donors (Lipinski definition) is 1. The zero-order valence-electron chi connectivity index (χ0n) is 7.27. The second-order valence-electron chi connectivity index (χ2n) is 3.91. The van der Waals surface area contributed by atoms with Gasteiger partial charge in [-0.2, -0.15) is 0 Å². The van der Waals surface area contributed by atoms with E-state index in [-0.39, 0.29) is 0 Å². The molecule has 1 N–H and O–H groups in total. The van der Waals surface area contributed by atoms with Crippen molar-refractivity contribution in [3.63, 3.8) is 0 Å². The molecule has 2 bridgehead atoms. The quantitative estimate of drug-likeness (QED) is 0.474. The highest BCUT2D eigenvalue weighted by atomic mass is 16.4. The van der Waals surface area contributed by atoms with Crippen molar-refractivity contribution in [2.45, 2.75) is 24.7 Å². The van der Waals surface area contributed by atoms with E-state index in [1.54, 1.807) is 0 Å². The van der Waals surface area contributed by atoms with Gasteiger partial charge < -0.3 is 5.21 Å². The van der Waals surface area contributed by atoms with Crippen molar-refractivity contribution >= 4 is 5.71 Å². The molecule has 2 heteroatoms. The molecule has 1 aromatic rings. The molecule has 0 saturated heterocycles. The molecule has 0 aliphatic heterocycles. The molecule has 1 saturated carbocycles. The summed E-state index contributed by atoms with van der Waals surface area (Å²) in [5.41, 5.74) is 3.83. The molecule has 2 atom stereocenters. The Balaban J connectivity index is 2.17. The molecule has 2 nitrogen and oxygen atoms in total. The molecular formula is C11H11NO. The van der Waals surface area contributed by atoms with Crippen LogP contribution >= 0.6 is 0 Å². The van der Waals surface area contributed by atoms with Crippen molar-refractivity contribution in [1.29, 1.82) is 0 Å². The van der Waals surface area contributed by atoms with Gasteiger partial charge in [0.1, 0.15) is 0 Å². The summed E-state index contributed by atoms with van der Waals surface area (Å²) in [6, 6.07) is 8.52. The fourth-order valence-electron chi connectivity index (χ4n) is 2.75. The lowest BCUT2D eigenvalue weighted by molar-refractivity contribution is 0.316. The lowest BCUT2D eigenvalue weighted by Gasteiger charge is -2.15. The van der Waals surface area contributed by atoms with Crippen LogP contribution in [0, 0.1) is 0 Å². The first-order chi connectivity index (χ1) is 6.40. The maximum absolute atomic E-state index is 8.80. The standard InChI is InChI=1S/C11H11NO/c13-12-11-6-7-5-10(11)9-4-2-1-3-8(7)9/h1-4,7,10,13H,5-6H2/b12-11+. The third-order valence-corrected chi connectivity index (χ3v) is 3.32. The van der Waals surface area contributed by atoms with E-state index >= 15 is 0 Å².